The molecule has 2 rings (SSSR count). The van der Waals surface area contributed by atoms with Crippen LogP contribution in [0.4, 0.5) is 0 Å². The molecule has 0 bridgehead atoms. The van der Waals surface area contributed by atoms with Crippen molar-refractivity contribution in [2.45, 2.75) is 71.4 Å². The number of nitrogens with one attached hydrogen (secondary N) is 1. The lowest BCUT2D eigenvalue weighted by Gasteiger charge is -2.35. The summed E-state index contributed by atoms with van der Waals surface area (Å²) in [6.45, 7) is 7.06. The average molecular weight is 273 g/mol. The lowest BCUT2D eigenvalue weighted by molar-refractivity contribution is 0.241. The topological polar surface area (TPSA) is 12.0 Å². The lowest BCUT2D eigenvalue weighted by Crippen LogP contribution is -2.39. The highest BCUT2D eigenvalue weighted by atomic mass is 15.0. The highest BCUT2D eigenvalue weighted by Gasteiger charge is 2.26. The van der Waals surface area contributed by atoms with Crippen molar-refractivity contribution in [3.8, 4) is 0 Å². The van der Waals surface area contributed by atoms with Gasteiger partial charge in [0.1, 0.15) is 0 Å². The van der Waals surface area contributed by atoms with Gasteiger partial charge < -0.3 is 5.32 Å². The van der Waals surface area contributed by atoms with Crippen molar-refractivity contribution < 1.29 is 0 Å². The van der Waals surface area contributed by atoms with Crippen molar-refractivity contribution in [2.75, 3.05) is 0 Å². The second kappa shape index (κ2) is 7.83. The molecule has 3 atom stereocenters. The molecule has 1 fully saturated rings. The van der Waals surface area contributed by atoms with Gasteiger partial charge in [-0.25, -0.2) is 0 Å². The molecule has 0 aliphatic heterocycles. The summed E-state index contributed by atoms with van der Waals surface area (Å²) in [5.74, 6) is 1.63. The first-order valence-electron chi connectivity index (χ1n) is 8.55. The van der Waals surface area contributed by atoms with Gasteiger partial charge in [-0.2, -0.15) is 0 Å². The Hall–Kier alpha value is -0.820. The molecule has 1 aromatic rings. The molecule has 1 nitrogen and oxygen atoms in total. The molecule has 1 aliphatic rings. The Morgan fingerprint density at radius 1 is 1.10 bits per heavy atom. The van der Waals surface area contributed by atoms with E-state index in [9.17, 15) is 0 Å². The maximum absolute atomic E-state index is 4.00. The van der Waals surface area contributed by atoms with E-state index in [2.05, 4.69) is 56.4 Å². The molecular formula is C19H31N. The van der Waals surface area contributed by atoms with Crippen molar-refractivity contribution in [3.05, 3.63) is 35.9 Å². The fourth-order valence-electron chi connectivity index (χ4n) is 3.76. The monoisotopic (exact) mass is 273 g/mol. The maximum Gasteiger partial charge on any atom is 0.0350 e. The van der Waals surface area contributed by atoms with Gasteiger partial charge in [-0.15, -0.1) is 0 Å². The first kappa shape index (κ1) is 15.6. The van der Waals surface area contributed by atoms with Crippen LogP contribution in [0.25, 0.3) is 0 Å². The van der Waals surface area contributed by atoms with Crippen LogP contribution in [0.5, 0.6) is 0 Å². The normalized spacial score (nSPS) is 24.8. The van der Waals surface area contributed by atoms with Crippen LogP contribution in [-0.2, 0) is 0 Å². The van der Waals surface area contributed by atoms with Crippen LogP contribution in [0.15, 0.2) is 30.3 Å². The largest absolute Gasteiger partial charge is 0.307 e. The Balaban J connectivity index is 2.10. The van der Waals surface area contributed by atoms with Gasteiger partial charge in [0, 0.05) is 12.1 Å². The quantitative estimate of drug-likeness (QED) is 0.738. The summed E-state index contributed by atoms with van der Waals surface area (Å²) in [5.41, 5.74) is 1.47. The summed E-state index contributed by atoms with van der Waals surface area (Å²) in [4.78, 5) is 0. The lowest BCUT2D eigenvalue weighted by atomic mass is 9.83. The standard InChI is InChI=1S/C19H31N/c1-4-16(5-2)19(17-11-7-6-8-12-17)20-18-13-9-10-15(3)14-18/h6-8,11-12,15-16,18-20H,4-5,9-10,13-14H2,1-3H3. The highest BCUT2D eigenvalue weighted by Crippen LogP contribution is 2.31. The molecule has 3 unspecified atom stereocenters. The van der Waals surface area contributed by atoms with Gasteiger partial charge in [0.25, 0.3) is 0 Å². The van der Waals surface area contributed by atoms with E-state index in [-0.39, 0.29) is 0 Å². The number of hydrogen-bond acceptors (Lipinski definition) is 1. The fraction of sp³-hybridized carbons (Fsp3) is 0.684. The van der Waals surface area contributed by atoms with Gasteiger partial charge in [-0.05, 0) is 30.2 Å². The summed E-state index contributed by atoms with van der Waals surface area (Å²) >= 11 is 0. The van der Waals surface area contributed by atoms with E-state index in [1.807, 2.05) is 0 Å². The van der Waals surface area contributed by atoms with E-state index in [1.165, 1.54) is 44.1 Å². The maximum atomic E-state index is 4.00. The number of benzene rings is 1. The minimum absolute atomic E-state index is 0.529. The molecule has 0 saturated heterocycles. The summed E-state index contributed by atoms with van der Waals surface area (Å²) in [6, 6.07) is 12.3. The zero-order valence-corrected chi connectivity index (χ0v) is 13.4. The Morgan fingerprint density at radius 3 is 2.40 bits per heavy atom. The SMILES string of the molecule is CCC(CC)C(NC1CCCC(C)C1)c1ccccc1. The smallest absolute Gasteiger partial charge is 0.0350 e. The van der Waals surface area contributed by atoms with Crippen molar-refractivity contribution in [3.63, 3.8) is 0 Å². The molecule has 1 saturated carbocycles. The van der Waals surface area contributed by atoms with E-state index in [4.69, 9.17) is 0 Å². The summed E-state index contributed by atoms with van der Waals surface area (Å²) < 4.78 is 0. The predicted molar refractivity (Wildman–Crippen MR) is 87.8 cm³/mol. The Bertz CT molecular complexity index is 369. The third-order valence-electron chi connectivity index (χ3n) is 5.03. The van der Waals surface area contributed by atoms with Gasteiger partial charge in [0.2, 0.25) is 0 Å². The van der Waals surface area contributed by atoms with Gasteiger partial charge in [0.05, 0.1) is 0 Å². The van der Waals surface area contributed by atoms with Crippen LogP contribution in [0.2, 0.25) is 0 Å². The van der Waals surface area contributed by atoms with Crippen LogP contribution < -0.4 is 5.32 Å². The molecule has 0 aromatic heterocycles. The van der Waals surface area contributed by atoms with E-state index >= 15 is 0 Å². The second-order valence-electron chi connectivity index (χ2n) is 6.60. The van der Waals surface area contributed by atoms with Crippen LogP contribution in [-0.4, -0.2) is 6.04 Å². The molecule has 0 amide bonds. The summed E-state index contributed by atoms with van der Waals surface area (Å²) in [6.07, 6.45) is 8.02. The Labute approximate surface area is 125 Å². The molecule has 1 heteroatoms. The third-order valence-corrected chi connectivity index (χ3v) is 5.03. The first-order valence-corrected chi connectivity index (χ1v) is 8.55. The predicted octanol–water partition coefficient (Wildman–Crippen LogP) is 5.33. The Morgan fingerprint density at radius 2 is 1.80 bits per heavy atom. The summed E-state index contributed by atoms with van der Waals surface area (Å²) in [7, 11) is 0. The molecule has 20 heavy (non-hydrogen) atoms. The second-order valence-corrected chi connectivity index (χ2v) is 6.60. The van der Waals surface area contributed by atoms with Gasteiger partial charge in [-0.1, -0.05) is 76.8 Å². The van der Waals surface area contributed by atoms with Crippen molar-refractivity contribution in [2.24, 2.45) is 11.8 Å². The average Bonchev–Trinajstić information content (AvgIpc) is 2.48. The summed E-state index contributed by atoms with van der Waals surface area (Å²) in [5, 5.41) is 4.00. The molecule has 0 heterocycles. The molecule has 1 aromatic carbocycles. The Kier molecular flexibility index (Phi) is 6.09. The molecule has 1 N–H and O–H groups in total. The van der Waals surface area contributed by atoms with Crippen LogP contribution in [0.1, 0.15) is 70.9 Å². The number of hydrogen-bond donors (Lipinski definition) is 1. The van der Waals surface area contributed by atoms with Gasteiger partial charge in [0.15, 0.2) is 0 Å². The van der Waals surface area contributed by atoms with Crippen LogP contribution >= 0.6 is 0 Å². The first-order chi connectivity index (χ1) is 9.74. The molecular weight excluding hydrogens is 242 g/mol. The fourth-order valence-corrected chi connectivity index (χ4v) is 3.76. The van der Waals surface area contributed by atoms with Gasteiger partial charge in [-0.3, -0.25) is 0 Å². The van der Waals surface area contributed by atoms with Crippen LogP contribution in [0.3, 0.4) is 0 Å². The molecule has 0 radical (unpaired) electrons. The zero-order chi connectivity index (χ0) is 14.4. The van der Waals surface area contributed by atoms with E-state index in [0.29, 0.717) is 12.1 Å². The minimum atomic E-state index is 0.529. The minimum Gasteiger partial charge on any atom is -0.307 e. The number of rotatable bonds is 6. The van der Waals surface area contributed by atoms with E-state index in [0.717, 1.165) is 11.8 Å². The van der Waals surface area contributed by atoms with Crippen molar-refractivity contribution in [1.29, 1.82) is 0 Å². The van der Waals surface area contributed by atoms with Crippen molar-refractivity contribution >= 4 is 0 Å². The highest BCUT2D eigenvalue weighted by molar-refractivity contribution is 5.20. The molecule has 1 aliphatic carbocycles. The third kappa shape index (κ3) is 4.09. The van der Waals surface area contributed by atoms with Gasteiger partial charge >= 0.3 is 0 Å². The molecule has 112 valence electrons. The van der Waals surface area contributed by atoms with Crippen LogP contribution in [0, 0.1) is 11.8 Å². The zero-order valence-electron chi connectivity index (χ0n) is 13.4. The van der Waals surface area contributed by atoms with Crippen molar-refractivity contribution in [1.82, 2.24) is 5.32 Å². The van der Waals surface area contributed by atoms with E-state index < -0.39 is 0 Å². The van der Waals surface area contributed by atoms with E-state index in [1.54, 1.807) is 0 Å². The molecule has 0 spiro atoms.